The van der Waals surface area contributed by atoms with Crippen molar-refractivity contribution >= 4 is 11.6 Å². The molecule has 0 heterocycles. The predicted octanol–water partition coefficient (Wildman–Crippen LogP) is 4.22. The minimum Gasteiger partial charge on any atom is -0.207 e. The Morgan fingerprint density at radius 1 is 1.06 bits per heavy atom. The van der Waals surface area contributed by atoms with Crippen LogP contribution in [0.5, 0.6) is 0 Å². The number of rotatable bonds is 1. The molecule has 0 aromatic heterocycles. The van der Waals surface area contributed by atoms with Crippen LogP contribution in [0.2, 0.25) is 5.02 Å². The maximum Gasteiger partial charge on any atom is 0.136 e. The minimum atomic E-state index is -0.981. The standard InChI is InChI=1S/C12H5ClF3/c13-9-4-2-1-3-8(9)12-10(15)5-7(14)6-11(12)16/h1,3-6H. The molecule has 0 spiro atoms. The highest BCUT2D eigenvalue weighted by Crippen LogP contribution is 2.32. The Morgan fingerprint density at radius 2 is 1.69 bits per heavy atom. The summed E-state index contributed by atoms with van der Waals surface area (Å²) in [6.07, 6.45) is 0. The molecule has 0 amide bonds. The fourth-order valence-corrected chi connectivity index (χ4v) is 1.63. The molecule has 0 bridgehead atoms. The van der Waals surface area contributed by atoms with Crippen LogP contribution in [0.3, 0.4) is 0 Å². The topological polar surface area (TPSA) is 0 Å². The third-order valence-corrected chi connectivity index (χ3v) is 2.40. The van der Waals surface area contributed by atoms with E-state index in [9.17, 15) is 13.2 Å². The molecule has 2 aromatic carbocycles. The molecule has 2 aromatic rings. The summed E-state index contributed by atoms with van der Waals surface area (Å²) in [5, 5.41) is 0.159. The van der Waals surface area contributed by atoms with Crippen LogP contribution in [0.25, 0.3) is 11.1 Å². The second kappa shape index (κ2) is 4.18. The molecule has 1 radical (unpaired) electrons. The van der Waals surface area contributed by atoms with Crippen molar-refractivity contribution in [3.8, 4) is 11.1 Å². The summed E-state index contributed by atoms with van der Waals surface area (Å²) in [6, 6.07) is 8.19. The second-order valence-corrected chi connectivity index (χ2v) is 3.56. The van der Waals surface area contributed by atoms with Gasteiger partial charge in [0.15, 0.2) is 0 Å². The molecule has 0 N–H and O–H groups in total. The zero-order valence-electron chi connectivity index (χ0n) is 7.90. The van der Waals surface area contributed by atoms with Gasteiger partial charge in [-0.15, -0.1) is 0 Å². The van der Waals surface area contributed by atoms with E-state index in [1.807, 2.05) is 0 Å². The Kier molecular flexibility index (Phi) is 2.88. The van der Waals surface area contributed by atoms with Gasteiger partial charge in [0.25, 0.3) is 0 Å². The third-order valence-electron chi connectivity index (χ3n) is 2.09. The van der Waals surface area contributed by atoms with E-state index in [4.69, 9.17) is 11.6 Å². The molecule has 0 fully saturated rings. The lowest BCUT2D eigenvalue weighted by atomic mass is 10.0. The van der Waals surface area contributed by atoms with Gasteiger partial charge in [-0.3, -0.25) is 0 Å². The van der Waals surface area contributed by atoms with Gasteiger partial charge >= 0.3 is 0 Å². The van der Waals surface area contributed by atoms with Gasteiger partial charge in [-0.05, 0) is 12.1 Å². The first-order valence-electron chi connectivity index (χ1n) is 4.40. The average Bonchev–Trinajstić information content (AvgIpc) is 2.19. The monoisotopic (exact) mass is 241 g/mol. The molecule has 0 atom stereocenters. The first-order valence-corrected chi connectivity index (χ1v) is 4.78. The third kappa shape index (κ3) is 1.91. The molecule has 4 heteroatoms. The highest BCUT2D eigenvalue weighted by molar-refractivity contribution is 6.33. The molecular weight excluding hydrogens is 237 g/mol. The second-order valence-electron chi connectivity index (χ2n) is 3.15. The van der Waals surface area contributed by atoms with Gasteiger partial charge < -0.3 is 0 Å². The largest absolute Gasteiger partial charge is 0.207 e. The molecule has 0 aliphatic carbocycles. The van der Waals surface area contributed by atoms with Gasteiger partial charge in [-0.2, -0.15) is 0 Å². The number of hydrogen-bond donors (Lipinski definition) is 0. The summed E-state index contributed by atoms with van der Waals surface area (Å²) >= 11 is 5.78. The summed E-state index contributed by atoms with van der Waals surface area (Å²) in [5.74, 6) is -2.92. The SMILES string of the molecule is Fc1cc(F)c(-c2cc[c]cc2Cl)c(F)c1. The van der Waals surface area contributed by atoms with Gasteiger partial charge in [0.2, 0.25) is 0 Å². The van der Waals surface area contributed by atoms with E-state index >= 15 is 0 Å². The number of halogens is 4. The Bertz CT molecular complexity index is 515. The van der Waals surface area contributed by atoms with Crippen LogP contribution in [0.1, 0.15) is 0 Å². The molecule has 81 valence electrons. The summed E-state index contributed by atoms with van der Waals surface area (Å²) in [4.78, 5) is 0. The van der Waals surface area contributed by atoms with Gasteiger partial charge in [0, 0.05) is 22.7 Å². The Labute approximate surface area is 95.3 Å². The summed E-state index contributed by atoms with van der Waals surface area (Å²) in [6.45, 7) is 0. The fraction of sp³-hybridized carbons (Fsp3) is 0. The minimum absolute atomic E-state index is 0.159. The predicted molar refractivity (Wildman–Crippen MR) is 55.6 cm³/mol. The highest BCUT2D eigenvalue weighted by Gasteiger charge is 2.15. The van der Waals surface area contributed by atoms with Crippen molar-refractivity contribution in [3.05, 3.63) is 58.9 Å². The van der Waals surface area contributed by atoms with Crippen molar-refractivity contribution in [1.82, 2.24) is 0 Å². The fourth-order valence-electron chi connectivity index (χ4n) is 1.41. The smallest absolute Gasteiger partial charge is 0.136 e. The quantitative estimate of drug-likeness (QED) is 0.701. The molecule has 0 aliphatic heterocycles. The molecule has 16 heavy (non-hydrogen) atoms. The summed E-state index contributed by atoms with van der Waals surface area (Å²) in [5.41, 5.74) is -0.157. The molecular formula is C12H5ClF3. The van der Waals surface area contributed by atoms with E-state index < -0.39 is 17.5 Å². The lowest BCUT2D eigenvalue weighted by Crippen LogP contribution is -1.92. The van der Waals surface area contributed by atoms with Crippen molar-refractivity contribution in [2.45, 2.75) is 0 Å². The normalized spacial score (nSPS) is 10.5. The summed E-state index contributed by atoms with van der Waals surface area (Å²) < 4.78 is 39.6. The molecule has 0 saturated carbocycles. The molecule has 2 rings (SSSR count). The van der Waals surface area contributed by atoms with E-state index in [-0.39, 0.29) is 16.1 Å². The van der Waals surface area contributed by atoms with Crippen LogP contribution in [0.4, 0.5) is 13.2 Å². The van der Waals surface area contributed by atoms with Crippen LogP contribution in [-0.2, 0) is 0 Å². The molecule has 0 nitrogen and oxygen atoms in total. The van der Waals surface area contributed by atoms with E-state index in [0.717, 1.165) is 0 Å². The molecule has 0 saturated heterocycles. The van der Waals surface area contributed by atoms with E-state index in [0.29, 0.717) is 12.1 Å². The van der Waals surface area contributed by atoms with Gasteiger partial charge in [-0.1, -0.05) is 23.7 Å². The Morgan fingerprint density at radius 3 is 2.25 bits per heavy atom. The maximum atomic E-state index is 13.4. The van der Waals surface area contributed by atoms with Crippen LogP contribution in [0.15, 0.2) is 30.3 Å². The Balaban J connectivity index is 2.70. The zero-order chi connectivity index (χ0) is 11.7. The van der Waals surface area contributed by atoms with Crippen LogP contribution in [0, 0.1) is 23.5 Å². The summed E-state index contributed by atoms with van der Waals surface area (Å²) in [7, 11) is 0. The first-order chi connectivity index (χ1) is 7.59. The van der Waals surface area contributed by atoms with Gasteiger partial charge in [0.1, 0.15) is 17.5 Å². The van der Waals surface area contributed by atoms with Crippen molar-refractivity contribution in [1.29, 1.82) is 0 Å². The van der Waals surface area contributed by atoms with E-state index in [1.165, 1.54) is 18.2 Å². The zero-order valence-corrected chi connectivity index (χ0v) is 8.65. The van der Waals surface area contributed by atoms with Crippen LogP contribution >= 0.6 is 11.6 Å². The Hall–Kier alpha value is -1.48. The van der Waals surface area contributed by atoms with Crippen molar-refractivity contribution < 1.29 is 13.2 Å². The lowest BCUT2D eigenvalue weighted by molar-refractivity contribution is 0.548. The number of benzene rings is 2. The first kappa shape index (κ1) is 11.0. The van der Waals surface area contributed by atoms with Crippen LogP contribution in [-0.4, -0.2) is 0 Å². The van der Waals surface area contributed by atoms with E-state index in [1.54, 1.807) is 0 Å². The lowest BCUT2D eigenvalue weighted by Gasteiger charge is -2.07. The average molecular weight is 242 g/mol. The van der Waals surface area contributed by atoms with Crippen molar-refractivity contribution in [2.24, 2.45) is 0 Å². The van der Waals surface area contributed by atoms with Crippen molar-refractivity contribution in [2.75, 3.05) is 0 Å². The van der Waals surface area contributed by atoms with Crippen LogP contribution < -0.4 is 0 Å². The molecule has 0 unspecified atom stereocenters. The molecule has 0 aliphatic rings. The van der Waals surface area contributed by atoms with Gasteiger partial charge in [-0.25, -0.2) is 13.2 Å². The van der Waals surface area contributed by atoms with Crippen molar-refractivity contribution in [3.63, 3.8) is 0 Å². The maximum absolute atomic E-state index is 13.4. The highest BCUT2D eigenvalue weighted by atomic mass is 35.5. The number of hydrogen-bond acceptors (Lipinski definition) is 0. The van der Waals surface area contributed by atoms with Gasteiger partial charge in [0.05, 0.1) is 5.56 Å². The van der Waals surface area contributed by atoms with E-state index in [2.05, 4.69) is 6.07 Å².